The summed E-state index contributed by atoms with van der Waals surface area (Å²) in [5.41, 5.74) is 2.77. The Morgan fingerprint density at radius 2 is 1.69 bits per heavy atom. The Hall–Kier alpha value is -4.26. The number of benzene rings is 3. The molecule has 4 aromatic rings. The zero-order valence-electron chi connectivity index (χ0n) is 19.7. The van der Waals surface area contributed by atoms with Gasteiger partial charge < -0.3 is 9.88 Å². The van der Waals surface area contributed by atoms with Gasteiger partial charge in [0.15, 0.2) is 0 Å². The highest BCUT2D eigenvalue weighted by molar-refractivity contribution is 5.99. The molecule has 7 nitrogen and oxygen atoms in total. The van der Waals surface area contributed by atoms with Gasteiger partial charge in [-0.3, -0.25) is 19.7 Å². The normalized spacial score (nSPS) is 11.1. The molecule has 0 bridgehead atoms. The van der Waals surface area contributed by atoms with Gasteiger partial charge in [-0.1, -0.05) is 74.5 Å². The highest BCUT2D eigenvalue weighted by atomic mass is 16.6. The fourth-order valence-electron chi connectivity index (χ4n) is 4.11. The average molecular weight is 470 g/mol. The molecular formula is C28H27N3O4. The second kappa shape index (κ2) is 10.3. The molecule has 0 aliphatic rings. The number of non-ortho nitro benzene ring substituents is 1. The molecule has 178 valence electrons. The van der Waals surface area contributed by atoms with Crippen LogP contribution in [0.25, 0.3) is 10.9 Å². The summed E-state index contributed by atoms with van der Waals surface area (Å²) in [6.45, 7) is 4.74. The number of nitro groups is 1. The van der Waals surface area contributed by atoms with E-state index < -0.39 is 16.4 Å². The summed E-state index contributed by atoms with van der Waals surface area (Å²) in [6.07, 6.45) is 0.608. The quantitative estimate of drug-likeness (QED) is 0.288. The molecule has 0 aliphatic carbocycles. The molecule has 0 unspecified atom stereocenters. The number of rotatable bonds is 8. The first-order chi connectivity index (χ1) is 16.8. The number of amides is 1. The first kappa shape index (κ1) is 23.9. The minimum Gasteiger partial charge on any atom is -0.352 e. The first-order valence-electron chi connectivity index (χ1n) is 11.6. The molecule has 1 N–H and O–H groups in total. The predicted molar refractivity (Wildman–Crippen MR) is 137 cm³/mol. The molecule has 0 saturated carbocycles. The lowest BCUT2D eigenvalue weighted by molar-refractivity contribution is -0.383. The molecule has 1 heterocycles. The third-order valence-electron chi connectivity index (χ3n) is 6.09. The standard InChI is InChI=1S/C28H27N3O4/c1-19(2)22-13-11-21(12-14-22)18-30-25-9-6-10-26(31(34)35)23(25)17-24(28(30)33)27(32)29-16-15-20-7-4-3-5-8-20/h3-14,17,19H,15-16,18H2,1-2H3,(H,29,32). The van der Waals surface area contributed by atoms with Crippen LogP contribution in [0.1, 0.15) is 46.8 Å². The van der Waals surface area contributed by atoms with Crippen LogP contribution < -0.4 is 10.9 Å². The maximum absolute atomic E-state index is 13.5. The molecule has 7 heteroatoms. The maximum atomic E-state index is 13.5. The number of fused-ring (bicyclic) bond motifs is 1. The summed E-state index contributed by atoms with van der Waals surface area (Å²) in [7, 11) is 0. The Balaban J connectivity index is 1.72. The van der Waals surface area contributed by atoms with Gasteiger partial charge in [0, 0.05) is 12.6 Å². The van der Waals surface area contributed by atoms with E-state index in [1.807, 2.05) is 54.6 Å². The van der Waals surface area contributed by atoms with Crippen molar-refractivity contribution < 1.29 is 9.72 Å². The Kier molecular flexibility index (Phi) is 7.06. The van der Waals surface area contributed by atoms with Crippen LogP contribution in [-0.4, -0.2) is 21.9 Å². The lowest BCUT2D eigenvalue weighted by Gasteiger charge is -2.14. The minimum absolute atomic E-state index is 0.112. The van der Waals surface area contributed by atoms with Crippen molar-refractivity contribution in [3.8, 4) is 0 Å². The van der Waals surface area contributed by atoms with E-state index in [-0.39, 0.29) is 23.2 Å². The van der Waals surface area contributed by atoms with Crippen LogP contribution in [0.5, 0.6) is 0 Å². The molecule has 35 heavy (non-hydrogen) atoms. The van der Waals surface area contributed by atoms with E-state index in [0.717, 1.165) is 11.1 Å². The summed E-state index contributed by atoms with van der Waals surface area (Å²) in [6, 6.07) is 23.5. The summed E-state index contributed by atoms with van der Waals surface area (Å²) in [5.74, 6) is -0.173. The zero-order valence-corrected chi connectivity index (χ0v) is 19.7. The van der Waals surface area contributed by atoms with Crippen molar-refractivity contribution >= 4 is 22.5 Å². The van der Waals surface area contributed by atoms with E-state index in [2.05, 4.69) is 19.2 Å². The molecule has 1 amide bonds. The Morgan fingerprint density at radius 3 is 2.34 bits per heavy atom. The predicted octanol–water partition coefficient (Wildman–Crippen LogP) is 5.05. The number of carbonyl (C=O) groups excluding carboxylic acids is 1. The van der Waals surface area contributed by atoms with Gasteiger partial charge in [-0.15, -0.1) is 0 Å². The fourth-order valence-corrected chi connectivity index (χ4v) is 4.11. The van der Waals surface area contributed by atoms with Crippen LogP contribution in [0.3, 0.4) is 0 Å². The Morgan fingerprint density at radius 1 is 0.971 bits per heavy atom. The van der Waals surface area contributed by atoms with E-state index in [0.29, 0.717) is 24.4 Å². The maximum Gasteiger partial charge on any atom is 0.278 e. The summed E-state index contributed by atoms with van der Waals surface area (Å²) in [4.78, 5) is 37.7. The molecule has 0 spiro atoms. The highest BCUT2D eigenvalue weighted by Gasteiger charge is 2.21. The number of pyridine rings is 1. The second-order valence-electron chi connectivity index (χ2n) is 8.80. The molecule has 0 saturated heterocycles. The van der Waals surface area contributed by atoms with Gasteiger partial charge in [-0.2, -0.15) is 0 Å². The second-order valence-corrected chi connectivity index (χ2v) is 8.80. The SMILES string of the molecule is CC(C)c1ccc(Cn2c(=O)c(C(=O)NCCc3ccccc3)cc3c([N+](=O)[O-])cccc32)cc1. The fraction of sp³-hybridized carbons (Fsp3) is 0.214. The van der Waals surface area contributed by atoms with Crippen LogP contribution in [0, 0.1) is 10.1 Å². The lowest BCUT2D eigenvalue weighted by Crippen LogP contribution is -2.34. The number of hydrogen-bond donors (Lipinski definition) is 1. The lowest BCUT2D eigenvalue weighted by atomic mass is 10.0. The number of carbonyl (C=O) groups is 1. The average Bonchev–Trinajstić information content (AvgIpc) is 2.86. The van der Waals surface area contributed by atoms with Crippen LogP contribution in [-0.2, 0) is 13.0 Å². The summed E-state index contributed by atoms with van der Waals surface area (Å²) in [5, 5.41) is 14.7. The molecular weight excluding hydrogens is 442 g/mol. The number of hydrogen-bond acceptors (Lipinski definition) is 4. The third-order valence-corrected chi connectivity index (χ3v) is 6.09. The van der Waals surface area contributed by atoms with Crippen molar-refractivity contribution in [2.45, 2.75) is 32.7 Å². The van der Waals surface area contributed by atoms with Gasteiger partial charge in [0.2, 0.25) is 0 Å². The number of nitro benzene ring substituents is 1. The summed E-state index contributed by atoms with van der Waals surface area (Å²) >= 11 is 0. The molecule has 0 atom stereocenters. The Bertz CT molecular complexity index is 1420. The van der Waals surface area contributed by atoms with Gasteiger partial charge in [0.25, 0.3) is 17.2 Å². The monoisotopic (exact) mass is 469 g/mol. The van der Waals surface area contributed by atoms with Gasteiger partial charge in [-0.05, 0) is 41.2 Å². The zero-order chi connectivity index (χ0) is 24.9. The van der Waals surface area contributed by atoms with E-state index >= 15 is 0 Å². The van der Waals surface area contributed by atoms with Crippen molar-refractivity contribution in [3.05, 3.63) is 122 Å². The third kappa shape index (κ3) is 5.30. The molecule has 0 aliphatic heterocycles. The largest absolute Gasteiger partial charge is 0.352 e. The smallest absolute Gasteiger partial charge is 0.278 e. The van der Waals surface area contributed by atoms with E-state index in [1.165, 1.54) is 22.3 Å². The molecule has 0 radical (unpaired) electrons. The van der Waals surface area contributed by atoms with Gasteiger partial charge >= 0.3 is 0 Å². The molecule has 1 aromatic heterocycles. The summed E-state index contributed by atoms with van der Waals surface area (Å²) < 4.78 is 1.44. The van der Waals surface area contributed by atoms with Gasteiger partial charge in [0.05, 0.1) is 22.4 Å². The first-order valence-corrected chi connectivity index (χ1v) is 11.6. The number of nitrogens with zero attached hydrogens (tertiary/aromatic N) is 2. The molecule has 4 rings (SSSR count). The number of aromatic nitrogens is 1. The van der Waals surface area contributed by atoms with Crippen molar-refractivity contribution in [1.82, 2.24) is 9.88 Å². The Labute approximate surface area is 203 Å². The van der Waals surface area contributed by atoms with Crippen LogP contribution in [0.15, 0.2) is 83.7 Å². The molecule has 0 fully saturated rings. The highest BCUT2D eigenvalue weighted by Crippen LogP contribution is 2.26. The van der Waals surface area contributed by atoms with Crippen molar-refractivity contribution in [3.63, 3.8) is 0 Å². The number of nitrogens with one attached hydrogen (secondary N) is 1. The van der Waals surface area contributed by atoms with Gasteiger partial charge in [-0.25, -0.2) is 0 Å². The van der Waals surface area contributed by atoms with E-state index in [1.54, 1.807) is 12.1 Å². The van der Waals surface area contributed by atoms with Crippen LogP contribution in [0.4, 0.5) is 5.69 Å². The minimum atomic E-state index is -0.546. The van der Waals surface area contributed by atoms with Crippen molar-refractivity contribution in [2.75, 3.05) is 6.54 Å². The van der Waals surface area contributed by atoms with E-state index in [9.17, 15) is 19.7 Å². The molecule has 3 aromatic carbocycles. The van der Waals surface area contributed by atoms with Gasteiger partial charge in [0.1, 0.15) is 5.56 Å². The van der Waals surface area contributed by atoms with Crippen LogP contribution >= 0.6 is 0 Å². The van der Waals surface area contributed by atoms with Crippen molar-refractivity contribution in [2.24, 2.45) is 0 Å². The van der Waals surface area contributed by atoms with Crippen LogP contribution in [0.2, 0.25) is 0 Å². The topological polar surface area (TPSA) is 94.2 Å². The van der Waals surface area contributed by atoms with Crippen molar-refractivity contribution in [1.29, 1.82) is 0 Å². The van der Waals surface area contributed by atoms with E-state index in [4.69, 9.17) is 0 Å².